The summed E-state index contributed by atoms with van der Waals surface area (Å²) in [7, 11) is 0. The molecule has 150 valence electrons. The predicted octanol–water partition coefficient (Wildman–Crippen LogP) is 3.47. The molecule has 6 nitrogen and oxygen atoms in total. The maximum atomic E-state index is 13.7. The minimum Gasteiger partial charge on any atom is -0.350 e. The van der Waals surface area contributed by atoms with Crippen LogP contribution in [-0.2, 0) is 22.6 Å². The zero-order valence-electron chi connectivity index (χ0n) is 16.1. The first-order valence-corrected chi connectivity index (χ1v) is 9.41. The lowest BCUT2D eigenvalue weighted by molar-refractivity contribution is -0.122. The Morgan fingerprint density at radius 3 is 2.69 bits per heavy atom. The maximum absolute atomic E-state index is 13.7. The van der Waals surface area contributed by atoms with Crippen LogP contribution in [0.3, 0.4) is 0 Å². The van der Waals surface area contributed by atoms with Crippen molar-refractivity contribution in [3.63, 3.8) is 0 Å². The van der Waals surface area contributed by atoms with E-state index >= 15 is 0 Å². The number of benzene rings is 2. The van der Waals surface area contributed by atoms with Crippen molar-refractivity contribution in [1.29, 1.82) is 0 Å². The molecule has 2 N–H and O–H groups in total. The van der Waals surface area contributed by atoms with Crippen LogP contribution in [0.2, 0.25) is 0 Å². The summed E-state index contributed by atoms with van der Waals surface area (Å²) in [6.07, 6.45) is 3.76. The summed E-state index contributed by atoms with van der Waals surface area (Å²) in [6.45, 7) is 2.39. The first-order chi connectivity index (χ1) is 14.0. The van der Waals surface area contributed by atoms with Gasteiger partial charge in [0, 0.05) is 31.0 Å². The number of aryl methyl sites for hydroxylation is 1. The number of hydrogen-bond donors (Lipinski definition) is 2. The van der Waals surface area contributed by atoms with Gasteiger partial charge in [0.25, 0.3) is 0 Å². The molecule has 0 spiro atoms. The summed E-state index contributed by atoms with van der Waals surface area (Å²) in [5, 5.41) is 9.80. The Morgan fingerprint density at radius 1 is 1.10 bits per heavy atom. The molecule has 0 aliphatic carbocycles. The number of nitrogens with zero attached hydrogens (tertiary/aromatic N) is 2. The van der Waals surface area contributed by atoms with Crippen molar-refractivity contribution in [2.45, 2.75) is 32.4 Å². The van der Waals surface area contributed by atoms with E-state index in [1.54, 1.807) is 47.3 Å². The number of carbonyl (C=O) groups is 2. The van der Waals surface area contributed by atoms with Crippen molar-refractivity contribution in [2.75, 3.05) is 5.32 Å². The molecule has 2 aromatic carbocycles. The lowest BCUT2D eigenvalue weighted by Crippen LogP contribution is -2.27. The maximum Gasteiger partial charge on any atom is 0.228 e. The van der Waals surface area contributed by atoms with Gasteiger partial charge < -0.3 is 10.6 Å². The van der Waals surface area contributed by atoms with Gasteiger partial charge in [-0.1, -0.05) is 30.3 Å². The van der Waals surface area contributed by atoms with E-state index in [0.717, 1.165) is 5.56 Å². The highest BCUT2D eigenvalue weighted by molar-refractivity contribution is 5.92. The van der Waals surface area contributed by atoms with E-state index in [0.29, 0.717) is 24.2 Å². The number of carbonyl (C=O) groups excluding carboxylic acids is 2. The van der Waals surface area contributed by atoms with Gasteiger partial charge in [-0.15, -0.1) is 0 Å². The number of rotatable bonds is 8. The van der Waals surface area contributed by atoms with Crippen molar-refractivity contribution in [3.05, 3.63) is 83.9 Å². The third kappa shape index (κ3) is 6.00. The molecule has 0 saturated carbocycles. The van der Waals surface area contributed by atoms with Crippen LogP contribution in [0.4, 0.5) is 10.1 Å². The monoisotopic (exact) mass is 394 g/mol. The smallest absolute Gasteiger partial charge is 0.228 e. The van der Waals surface area contributed by atoms with Crippen LogP contribution in [0.1, 0.15) is 30.5 Å². The molecule has 0 radical (unpaired) electrons. The van der Waals surface area contributed by atoms with Crippen LogP contribution in [0.5, 0.6) is 0 Å². The minimum absolute atomic E-state index is 0.0450. The van der Waals surface area contributed by atoms with Crippen molar-refractivity contribution in [2.24, 2.45) is 0 Å². The van der Waals surface area contributed by atoms with E-state index in [9.17, 15) is 14.0 Å². The number of halogens is 1. The van der Waals surface area contributed by atoms with Gasteiger partial charge in [-0.25, -0.2) is 4.39 Å². The molecule has 0 aliphatic rings. The van der Waals surface area contributed by atoms with Crippen LogP contribution >= 0.6 is 0 Å². The molecule has 1 heterocycles. The van der Waals surface area contributed by atoms with Crippen LogP contribution < -0.4 is 10.6 Å². The normalized spacial score (nSPS) is 11.7. The van der Waals surface area contributed by atoms with Gasteiger partial charge in [0.1, 0.15) is 5.82 Å². The molecule has 2 amide bonds. The molecule has 0 aliphatic heterocycles. The SMILES string of the molecule is CC(NC(=O)CCn1cccn1)c1cccc(NC(=O)Cc2ccccc2F)c1. The molecule has 3 aromatic rings. The van der Waals surface area contributed by atoms with E-state index in [1.807, 2.05) is 25.3 Å². The van der Waals surface area contributed by atoms with Crippen molar-refractivity contribution >= 4 is 17.5 Å². The summed E-state index contributed by atoms with van der Waals surface area (Å²) in [5.41, 5.74) is 1.81. The second kappa shape index (κ2) is 9.64. The van der Waals surface area contributed by atoms with Crippen LogP contribution in [0, 0.1) is 5.82 Å². The molecule has 0 fully saturated rings. The summed E-state index contributed by atoms with van der Waals surface area (Å²) in [5.74, 6) is -0.784. The molecule has 1 aromatic heterocycles. The van der Waals surface area contributed by atoms with Gasteiger partial charge in [0.2, 0.25) is 11.8 Å². The average Bonchev–Trinajstić information content (AvgIpc) is 3.22. The van der Waals surface area contributed by atoms with Gasteiger partial charge in [-0.05, 0) is 42.3 Å². The largest absolute Gasteiger partial charge is 0.350 e. The Kier molecular flexibility index (Phi) is 6.73. The zero-order valence-corrected chi connectivity index (χ0v) is 16.1. The third-order valence-electron chi connectivity index (χ3n) is 4.48. The molecule has 29 heavy (non-hydrogen) atoms. The minimum atomic E-state index is -0.400. The Hall–Kier alpha value is -3.48. The second-order valence-electron chi connectivity index (χ2n) is 6.75. The topological polar surface area (TPSA) is 76.0 Å². The first kappa shape index (κ1) is 20.3. The van der Waals surface area contributed by atoms with Gasteiger partial charge in [-0.2, -0.15) is 5.10 Å². The van der Waals surface area contributed by atoms with Crippen LogP contribution in [0.15, 0.2) is 67.0 Å². The van der Waals surface area contributed by atoms with E-state index in [4.69, 9.17) is 0 Å². The summed E-state index contributed by atoms with van der Waals surface area (Å²) >= 11 is 0. The van der Waals surface area contributed by atoms with E-state index < -0.39 is 5.82 Å². The quantitative estimate of drug-likeness (QED) is 0.614. The molecule has 7 heteroatoms. The van der Waals surface area contributed by atoms with Crippen LogP contribution in [0.25, 0.3) is 0 Å². The highest BCUT2D eigenvalue weighted by atomic mass is 19.1. The van der Waals surface area contributed by atoms with Crippen molar-refractivity contribution < 1.29 is 14.0 Å². The van der Waals surface area contributed by atoms with E-state index in [-0.39, 0.29) is 24.3 Å². The number of aromatic nitrogens is 2. The number of anilines is 1. The van der Waals surface area contributed by atoms with Crippen molar-refractivity contribution in [1.82, 2.24) is 15.1 Å². The molecule has 0 saturated heterocycles. The van der Waals surface area contributed by atoms with Gasteiger partial charge in [0.15, 0.2) is 0 Å². The lowest BCUT2D eigenvalue weighted by atomic mass is 10.1. The molecule has 1 atom stereocenters. The van der Waals surface area contributed by atoms with E-state index in [1.165, 1.54) is 6.07 Å². The summed E-state index contributed by atoms with van der Waals surface area (Å²) in [4.78, 5) is 24.4. The Labute approximate surface area is 168 Å². The number of nitrogens with one attached hydrogen (secondary N) is 2. The summed E-state index contributed by atoms with van der Waals surface area (Å²) in [6, 6.07) is 15.0. The van der Waals surface area contributed by atoms with Gasteiger partial charge >= 0.3 is 0 Å². The predicted molar refractivity (Wildman–Crippen MR) is 109 cm³/mol. The van der Waals surface area contributed by atoms with Crippen LogP contribution in [-0.4, -0.2) is 21.6 Å². The standard InChI is InChI=1S/C22H23FN4O2/c1-16(25-21(28)10-13-27-12-5-11-24-27)17-7-4-8-19(14-17)26-22(29)15-18-6-2-3-9-20(18)23/h2-9,11-12,14,16H,10,13,15H2,1H3,(H,25,28)(H,26,29). The summed E-state index contributed by atoms with van der Waals surface area (Å²) < 4.78 is 15.4. The highest BCUT2D eigenvalue weighted by Gasteiger charge is 2.12. The second-order valence-corrected chi connectivity index (χ2v) is 6.75. The van der Waals surface area contributed by atoms with Gasteiger partial charge in [0.05, 0.1) is 12.5 Å². The fourth-order valence-corrected chi connectivity index (χ4v) is 2.95. The first-order valence-electron chi connectivity index (χ1n) is 9.41. The Morgan fingerprint density at radius 2 is 1.93 bits per heavy atom. The molecule has 0 bridgehead atoms. The van der Waals surface area contributed by atoms with Gasteiger partial charge in [-0.3, -0.25) is 14.3 Å². The Balaban J connectivity index is 1.54. The lowest BCUT2D eigenvalue weighted by Gasteiger charge is -2.16. The number of amides is 2. The fraction of sp³-hybridized carbons (Fsp3) is 0.227. The molecular weight excluding hydrogens is 371 g/mol. The Bertz CT molecular complexity index is 972. The van der Waals surface area contributed by atoms with Crippen molar-refractivity contribution in [3.8, 4) is 0 Å². The number of hydrogen-bond acceptors (Lipinski definition) is 3. The molecule has 3 rings (SSSR count). The molecule has 1 unspecified atom stereocenters. The zero-order chi connectivity index (χ0) is 20.6. The van der Waals surface area contributed by atoms with E-state index in [2.05, 4.69) is 15.7 Å². The highest BCUT2D eigenvalue weighted by Crippen LogP contribution is 2.18. The average molecular weight is 394 g/mol. The third-order valence-corrected chi connectivity index (χ3v) is 4.48. The molecular formula is C22H23FN4O2. The fourth-order valence-electron chi connectivity index (χ4n) is 2.95.